The van der Waals surface area contributed by atoms with Crippen molar-refractivity contribution in [2.24, 2.45) is 5.10 Å². The summed E-state index contributed by atoms with van der Waals surface area (Å²) in [6.45, 7) is 2.40. The van der Waals surface area contributed by atoms with Crippen molar-refractivity contribution in [3.05, 3.63) is 98.1 Å². The highest BCUT2D eigenvalue weighted by molar-refractivity contribution is 5.95. The number of amides is 1. The van der Waals surface area contributed by atoms with Gasteiger partial charge in [-0.3, -0.25) is 25.0 Å². The summed E-state index contributed by atoms with van der Waals surface area (Å²) >= 11 is 0. The van der Waals surface area contributed by atoms with Gasteiger partial charge in [0.2, 0.25) is 5.75 Å². The first-order valence-corrected chi connectivity index (χ1v) is 9.64. The molecule has 0 saturated heterocycles. The van der Waals surface area contributed by atoms with E-state index in [4.69, 9.17) is 9.47 Å². The molecule has 0 atom stereocenters. The summed E-state index contributed by atoms with van der Waals surface area (Å²) in [4.78, 5) is 32.7. The van der Waals surface area contributed by atoms with Crippen LogP contribution in [0.25, 0.3) is 0 Å². The van der Waals surface area contributed by atoms with Crippen molar-refractivity contribution in [3.63, 3.8) is 0 Å². The number of hydrogen-bond donors (Lipinski definition) is 1. The van der Waals surface area contributed by atoms with Crippen LogP contribution in [0.4, 0.5) is 11.4 Å². The number of non-ortho nitro benzene ring substituents is 1. The van der Waals surface area contributed by atoms with E-state index >= 15 is 0 Å². The second-order valence-corrected chi connectivity index (χ2v) is 6.49. The number of ether oxygens (including phenoxy) is 2. The van der Waals surface area contributed by atoms with E-state index in [0.29, 0.717) is 23.5 Å². The highest BCUT2D eigenvalue weighted by Crippen LogP contribution is 2.34. The standard InChI is InChI=1S/C22H18N4O7/c1-2-32-18-10-5-16(6-11-18)22(27)24-23-14-15-3-8-19(9-4-15)33-21-12-7-17(25(28)29)13-20(21)26(30)31/h3-14H,2H2,1H3,(H,24,27)/b23-14+. The molecule has 11 nitrogen and oxygen atoms in total. The highest BCUT2D eigenvalue weighted by atomic mass is 16.6. The van der Waals surface area contributed by atoms with Gasteiger partial charge >= 0.3 is 5.69 Å². The Morgan fingerprint density at radius 2 is 1.64 bits per heavy atom. The molecule has 0 radical (unpaired) electrons. The predicted octanol–water partition coefficient (Wildman–Crippen LogP) is 4.46. The van der Waals surface area contributed by atoms with Crippen molar-refractivity contribution in [2.75, 3.05) is 6.61 Å². The van der Waals surface area contributed by atoms with Gasteiger partial charge in [-0.2, -0.15) is 5.10 Å². The molecule has 168 valence electrons. The zero-order valence-corrected chi connectivity index (χ0v) is 17.3. The first-order chi connectivity index (χ1) is 15.9. The molecular formula is C22H18N4O7. The molecule has 0 aliphatic carbocycles. The first kappa shape index (κ1) is 22.9. The van der Waals surface area contributed by atoms with Gasteiger partial charge in [0.05, 0.1) is 28.7 Å². The van der Waals surface area contributed by atoms with Gasteiger partial charge in [0.25, 0.3) is 11.6 Å². The molecule has 0 aliphatic heterocycles. The quantitative estimate of drug-likeness (QED) is 0.288. The van der Waals surface area contributed by atoms with Gasteiger partial charge in [0.15, 0.2) is 0 Å². The SMILES string of the molecule is CCOc1ccc(C(=O)N/N=C/c2ccc(Oc3ccc([N+](=O)[O-])cc3[N+](=O)[O-])cc2)cc1. The van der Waals surface area contributed by atoms with Gasteiger partial charge in [0, 0.05) is 11.6 Å². The van der Waals surface area contributed by atoms with Gasteiger partial charge < -0.3 is 9.47 Å². The van der Waals surface area contributed by atoms with Crippen LogP contribution in [0.5, 0.6) is 17.2 Å². The van der Waals surface area contributed by atoms with E-state index in [-0.39, 0.29) is 17.4 Å². The maximum atomic E-state index is 12.1. The summed E-state index contributed by atoms with van der Waals surface area (Å²) in [7, 11) is 0. The molecule has 1 N–H and O–H groups in total. The van der Waals surface area contributed by atoms with Gasteiger partial charge in [-0.25, -0.2) is 5.43 Å². The third kappa shape index (κ3) is 6.10. The van der Waals surface area contributed by atoms with Crippen LogP contribution in [0.1, 0.15) is 22.8 Å². The molecule has 0 aliphatic rings. The van der Waals surface area contributed by atoms with Crippen LogP contribution in [0.3, 0.4) is 0 Å². The fraction of sp³-hybridized carbons (Fsp3) is 0.0909. The van der Waals surface area contributed by atoms with E-state index in [1.165, 1.54) is 12.3 Å². The van der Waals surface area contributed by atoms with Crippen LogP contribution in [0.15, 0.2) is 71.8 Å². The minimum Gasteiger partial charge on any atom is -0.494 e. The number of carbonyl (C=O) groups excluding carboxylic acids is 1. The minimum atomic E-state index is -0.754. The Morgan fingerprint density at radius 3 is 2.24 bits per heavy atom. The van der Waals surface area contributed by atoms with Crippen molar-refractivity contribution in [3.8, 4) is 17.2 Å². The summed E-state index contributed by atoms with van der Waals surface area (Å²) in [5.41, 5.74) is 2.54. The highest BCUT2D eigenvalue weighted by Gasteiger charge is 2.21. The Bertz CT molecular complexity index is 1190. The Labute approximate surface area is 187 Å². The number of nitrogens with one attached hydrogen (secondary N) is 1. The van der Waals surface area contributed by atoms with Crippen molar-refractivity contribution < 1.29 is 24.1 Å². The Kier molecular flexibility index (Phi) is 7.27. The predicted molar refractivity (Wildman–Crippen MR) is 119 cm³/mol. The number of carbonyl (C=O) groups is 1. The van der Waals surface area contributed by atoms with E-state index < -0.39 is 21.2 Å². The van der Waals surface area contributed by atoms with Crippen molar-refractivity contribution in [1.29, 1.82) is 0 Å². The normalized spacial score (nSPS) is 10.6. The molecule has 3 aromatic carbocycles. The molecule has 11 heteroatoms. The summed E-state index contributed by atoms with van der Waals surface area (Å²) in [5, 5.41) is 25.9. The van der Waals surface area contributed by atoms with Crippen LogP contribution in [-0.4, -0.2) is 28.6 Å². The van der Waals surface area contributed by atoms with Crippen molar-refractivity contribution in [2.45, 2.75) is 6.92 Å². The number of nitro benzene ring substituents is 2. The molecule has 0 fully saturated rings. The van der Waals surface area contributed by atoms with Crippen LogP contribution < -0.4 is 14.9 Å². The summed E-state index contributed by atoms with van der Waals surface area (Å²) in [6.07, 6.45) is 1.42. The lowest BCUT2D eigenvalue weighted by Crippen LogP contribution is -2.17. The number of nitro groups is 2. The molecule has 3 rings (SSSR count). The summed E-state index contributed by atoms with van der Waals surface area (Å²) < 4.78 is 10.8. The van der Waals surface area contributed by atoms with Crippen molar-refractivity contribution in [1.82, 2.24) is 5.43 Å². The van der Waals surface area contributed by atoms with E-state index in [2.05, 4.69) is 10.5 Å². The van der Waals surface area contributed by atoms with Gasteiger partial charge in [-0.15, -0.1) is 0 Å². The Balaban J connectivity index is 1.62. The van der Waals surface area contributed by atoms with E-state index in [1.54, 1.807) is 48.5 Å². The van der Waals surface area contributed by atoms with Gasteiger partial charge in [0.1, 0.15) is 11.5 Å². The maximum Gasteiger partial charge on any atom is 0.318 e. The van der Waals surface area contributed by atoms with Gasteiger partial charge in [-0.1, -0.05) is 0 Å². The number of rotatable bonds is 9. The largest absolute Gasteiger partial charge is 0.494 e. The molecule has 1 amide bonds. The van der Waals surface area contributed by atoms with Crippen LogP contribution >= 0.6 is 0 Å². The molecule has 0 spiro atoms. The third-order valence-corrected chi connectivity index (χ3v) is 4.27. The van der Waals surface area contributed by atoms with Gasteiger partial charge in [-0.05, 0) is 67.1 Å². The molecule has 0 aromatic heterocycles. The van der Waals surface area contributed by atoms with Crippen LogP contribution in [0.2, 0.25) is 0 Å². The molecule has 3 aromatic rings. The monoisotopic (exact) mass is 450 g/mol. The second kappa shape index (κ2) is 10.5. The van der Waals surface area contributed by atoms with E-state index in [9.17, 15) is 25.0 Å². The Hall–Kier alpha value is -4.80. The lowest BCUT2D eigenvalue weighted by atomic mass is 10.2. The average molecular weight is 450 g/mol. The topological polar surface area (TPSA) is 146 Å². The number of hydrazone groups is 1. The van der Waals surface area contributed by atoms with Crippen LogP contribution in [0, 0.1) is 20.2 Å². The summed E-state index contributed by atoms with van der Waals surface area (Å²) in [5.74, 6) is 0.427. The Morgan fingerprint density at radius 1 is 0.970 bits per heavy atom. The zero-order chi connectivity index (χ0) is 23.8. The lowest BCUT2D eigenvalue weighted by Gasteiger charge is -2.06. The molecule has 0 heterocycles. The molecule has 0 unspecified atom stereocenters. The molecule has 0 saturated carbocycles. The fourth-order valence-electron chi connectivity index (χ4n) is 2.70. The third-order valence-electron chi connectivity index (χ3n) is 4.27. The van der Waals surface area contributed by atoms with Crippen LogP contribution in [-0.2, 0) is 0 Å². The van der Waals surface area contributed by atoms with E-state index in [1.807, 2.05) is 6.92 Å². The smallest absolute Gasteiger partial charge is 0.318 e. The summed E-state index contributed by atoms with van der Waals surface area (Å²) in [6, 6.07) is 16.1. The molecule has 33 heavy (non-hydrogen) atoms. The lowest BCUT2D eigenvalue weighted by molar-refractivity contribution is -0.394. The maximum absolute atomic E-state index is 12.1. The fourth-order valence-corrected chi connectivity index (χ4v) is 2.70. The number of benzene rings is 3. The minimum absolute atomic E-state index is 0.130. The molecular weight excluding hydrogens is 432 g/mol. The number of hydrogen-bond acceptors (Lipinski definition) is 8. The second-order valence-electron chi connectivity index (χ2n) is 6.49. The van der Waals surface area contributed by atoms with E-state index in [0.717, 1.165) is 12.1 Å². The van der Waals surface area contributed by atoms with Crippen molar-refractivity contribution >= 4 is 23.5 Å². The number of nitrogens with zero attached hydrogens (tertiary/aromatic N) is 3. The first-order valence-electron chi connectivity index (χ1n) is 9.64. The molecule has 0 bridgehead atoms. The average Bonchev–Trinajstić information content (AvgIpc) is 2.81. The zero-order valence-electron chi connectivity index (χ0n) is 17.3.